The molecule has 0 bridgehead atoms. The summed E-state index contributed by atoms with van der Waals surface area (Å²) in [5, 5.41) is 7.78. The summed E-state index contributed by atoms with van der Waals surface area (Å²) in [5.74, 6) is -0.208. The summed E-state index contributed by atoms with van der Waals surface area (Å²) in [4.78, 5) is 42.8. The monoisotopic (exact) mass is 454 g/mol. The van der Waals surface area contributed by atoms with E-state index in [2.05, 4.69) is 10.3 Å². The predicted octanol–water partition coefficient (Wildman–Crippen LogP) is 2.85. The summed E-state index contributed by atoms with van der Waals surface area (Å²) in [6.45, 7) is 2.31. The Morgan fingerprint density at radius 2 is 1.76 bits per heavy atom. The number of carbonyl (C=O) groups excluding carboxylic acids is 1. The zero-order valence-electron chi connectivity index (χ0n) is 18.7. The van der Waals surface area contributed by atoms with E-state index in [0.717, 1.165) is 15.8 Å². The number of rotatable bonds is 5. The number of para-hydroxylation sites is 1. The van der Waals surface area contributed by atoms with Crippen molar-refractivity contribution in [3.63, 3.8) is 0 Å². The molecular weight excluding hydrogens is 432 g/mol. The summed E-state index contributed by atoms with van der Waals surface area (Å²) >= 11 is 0. The van der Waals surface area contributed by atoms with Gasteiger partial charge in [0.05, 0.1) is 11.4 Å². The normalized spacial score (nSPS) is 13.8. The van der Waals surface area contributed by atoms with Crippen LogP contribution in [0.15, 0.2) is 76.3 Å². The predicted molar refractivity (Wildman–Crippen MR) is 129 cm³/mol. The third kappa shape index (κ3) is 3.47. The Morgan fingerprint density at radius 1 is 1.03 bits per heavy atom. The van der Waals surface area contributed by atoms with Crippen LogP contribution in [0.25, 0.3) is 23.0 Å². The van der Waals surface area contributed by atoms with Gasteiger partial charge in [0.1, 0.15) is 17.1 Å². The highest BCUT2D eigenvalue weighted by molar-refractivity contribution is 6.20. The van der Waals surface area contributed by atoms with Crippen molar-refractivity contribution in [2.24, 2.45) is 7.05 Å². The van der Waals surface area contributed by atoms with Crippen molar-refractivity contribution in [1.29, 1.82) is 0 Å². The summed E-state index contributed by atoms with van der Waals surface area (Å²) < 4.78 is 4.15. The number of hydrogen-bond acceptors (Lipinski definition) is 6. The molecule has 9 nitrogen and oxygen atoms in total. The van der Waals surface area contributed by atoms with E-state index in [9.17, 15) is 14.4 Å². The molecule has 1 aliphatic heterocycles. The lowest BCUT2D eigenvalue weighted by Crippen LogP contribution is -2.40. The Balaban J connectivity index is 1.66. The highest BCUT2D eigenvalue weighted by Gasteiger charge is 2.32. The number of aromatic nitrogens is 5. The van der Waals surface area contributed by atoms with Gasteiger partial charge >= 0.3 is 5.69 Å². The maximum Gasteiger partial charge on any atom is 0.332 e. The van der Waals surface area contributed by atoms with Gasteiger partial charge in [0, 0.05) is 43.3 Å². The van der Waals surface area contributed by atoms with Gasteiger partial charge in [-0.15, -0.1) is 0 Å². The largest absolute Gasteiger partial charge is 0.338 e. The smallest absolute Gasteiger partial charge is 0.332 e. The molecule has 1 aromatic carbocycles. The quantitative estimate of drug-likeness (QED) is 0.465. The molecule has 4 aromatic rings. The Hall–Kier alpha value is -4.53. The van der Waals surface area contributed by atoms with Crippen LogP contribution in [-0.2, 0) is 13.6 Å². The number of ketones is 1. The van der Waals surface area contributed by atoms with Crippen LogP contribution in [0.1, 0.15) is 29.3 Å². The van der Waals surface area contributed by atoms with Crippen molar-refractivity contribution >= 4 is 17.7 Å². The van der Waals surface area contributed by atoms with E-state index in [-0.39, 0.29) is 17.1 Å². The molecule has 0 radical (unpaired) electrons. The van der Waals surface area contributed by atoms with Crippen molar-refractivity contribution in [3.05, 3.63) is 98.7 Å². The molecule has 5 rings (SSSR count). The Labute approximate surface area is 194 Å². The van der Waals surface area contributed by atoms with Gasteiger partial charge in [-0.2, -0.15) is 5.10 Å². The molecule has 9 heteroatoms. The fourth-order valence-electron chi connectivity index (χ4n) is 4.05. The van der Waals surface area contributed by atoms with E-state index < -0.39 is 17.0 Å². The first kappa shape index (κ1) is 21.3. The van der Waals surface area contributed by atoms with Crippen molar-refractivity contribution < 1.29 is 4.79 Å². The van der Waals surface area contributed by atoms with Gasteiger partial charge in [0.15, 0.2) is 0 Å². The van der Waals surface area contributed by atoms with Gasteiger partial charge in [0.2, 0.25) is 5.78 Å². The molecule has 0 amide bonds. The zero-order chi connectivity index (χ0) is 23.8. The number of Topliss-reactive ketones (excluding diaryl/α,β-unsaturated/α-hetero) is 1. The summed E-state index contributed by atoms with van der Waals surface area (Å²) in [6.07, 6.45) is 7.53. The lowest BCUT2D eigenvalue weighted by molar-refractivity contribution is 0.104. The molecule has 0 fully saturated rings. The molecular formula is C25H22N6O3. The third-order valence-corrected chi connectivity index (χ3v) is 5.73. The van der Waals surface area contributed by atoms with Crippen molar-refractivity contribution in [1.82, 2.24) is 23.9 Å². The molecule has 0 aliphatic carbocycles. The highest BCUT2D eigenvalue weighted by Crippen LogP contribution is 2.30. The van der Waals surface area contributed by atoms with Gasteiger partial charge in [0.25, 0.3) is 5.56 Å². The first-order valence-corrected chi connectivity index (χ1v) is 10.9. The minimum absolute atomic E-state index is 0.0253. The summed E-state index contributed by atoms with van der Waals surface area (Å²) in [6, 6.07) is 13.3. The average molecular weight is 454 g/mol. The second kappa shape index (κ2) is 8.43. The van der Waals surface area contributed by atoms with E-state index in [0.29, 0.717) is 24.2 Å². The maximum absolute atomic E-state index is 13.3. The molecule has 34 heavy (non-hydrogen) atoms. The first-order valence-electron chi connectivity index (χ1n) is 10.9. The van der Waals surface area contributed by atoms with Crippen LogP contribution in [0.3, 0.4) is 0 Å². The minimum Gasteiger partial charge on any atom is -0.338 e. The molecule has 170 valence electrons. The number of nitrogens with zero attached hydrogens (tertiary/aromatic N) is 5. The van der Waals surface area contributed by atoms with Crippen LogP contribution >= 0.6 is 0 Å². The van der Waals surface area contributed by atoms with E-state index >= 15 is 0 Å². The molecule has 0 saturated heterocycles. The van der Waals surface area contributed by atoms with E-state index in [1.54, 1.807) is 23.2 Å². The molecule has 0 spiro atoms. The SMILES string of the molecule is CCCn1c2c(c(=O)n(C)c1=O)C(=O)/C(=C/c1cn(-c3ccccc3)nc1-c1ccncc1)N2. The Bertz CT molecular complexity index is 1550. The molecule has 1 aliphatic rings. The fraction of sp³-hybridized carbons (Fsp3) is 0.160. The fourth-order valence-corrected chi connectivity index (χ4v) is 4.05. The summed E-state index contributed by atoms with van der Waals surface area (Å²) in [7, 11) is 1.39. The van der Waals surface area contributed by atoms with Gasteiger partial charge in [-0.05, 0) is 36.8 Å². The van der Waals surface area contributed by atoms with E-state index in [1.165, 1.54) is 11.6 Å². The number of benzene rings is 1. The zero-order valence-corrected chi connectivity index (χ0v) is 18.7. The summed E-state index contributed by atoms with van der Waals surface area (Å²) in [5.41, 5.74) is 2.15. The van der Waals surface area contributed by atoms with Gasteiger partial charge < -0.3 is 5.32 Å². The highest BCUT2D eigenvalue weighted by atomic mass is 16.2. The number of nitrogens with one attached hydrogen (secondary N) is 1. The number of allylic oxidation sites excluding steroid dienone is 1. The molecule has 4 heterocycles. The van der Waals surface area contributed by atoms with E-state index in [4.69, 9.17) is 5.10 Å². The standard InChI is InChI=1S/C25H22N6O3/c1-3-13-30-23-20(24(33)29(2)25(30)34)22(32)19(27-23)14-17-15-31(18-7-5-4-6-8-18)28-21(17)16-9-11-26-12-10-16/h4-12,14-15,27H,3,13H2,1-2H3/b19-14-. The van der Waals surface area contributed by atoms with Crippen LogP contribution < -0.4 is 16.6 Å². The van der Waals surface area contributed by atoms with Crippen LogP contribution in [0, 0.1) is 0 Å². The number of carbonyl (C=O) groups is 1. The van der Waals surface area contributed by atoms with Crippen LogP contribution in [0.5, 0.6) is 0 Å². The number of anilines is 1. The van der Waals surface area contributed by atoms with E-state index in [1.807, 2.05) is 55.6 Å². The van der Waals surface area contributed by atoms with Crippen molar-refractivity contribution in [2.45, 2.75) is 19.9 Å². The topological polar surface area (TPSA) is 104 Å². The first-order chi connectivity index (χ1) is 16.5. The van der Waals surface area contributed by atoms with Crippen molar-refractivity contribution in [2.75, 3.05) is 5.32 Å². The lowest BCUT2D eigenvalue weighted by Gasteiger charge is -2.11. The van der Waals surface area contributed by atoms with Gasteiger partial charge in [-0.1, -0.05) is 25.1 Å². The Kier molecular flexibility index (Phi) is 5.29. The number of hydrogen-bond donors (Lipinski definition) is 1. The maximum atomic E-state index is 13.3. The Morgan fingerprint density at radius 3 is 2.47 bits per heavy atom. The molecule has 0 atom stereocenters. The third-order valence-electron chi connectivity index (χ3n) is 5.73. The average Bonchev–Trinajstić information content (AvgIpc) is 3.43. The molecule has 0 saturated carbocycles. The second-order valence-corrected chi connectivity index (χ2v) is 7.98. The second-order valence-electron chi connectivity index (χ2n) is 7.98. The van der Waals surface area contributed by atoms with Gasteiger partial charge in [-0.25, -0.2) is 9.48 Å². The van der Waals surface area contributed by atoms with Crippen LogP contribution in [0.4, 0.5) is 5.82 Å². The lowest BCUT2D eigenvalue weighted by atomic mass is 10.1. The minimum atomic E-state index is -0.609. The van der Waals surface area contributed by atoms with Crippen LogP contribution in [-0.4, -0.2) is 29.7 Å². The van der Waals surface area contributed by atoms with Crippen LogP contribution in [0.2, 0.25) is 0 Å². The van der Waals surface area contributed by atoms with Crippen molar-refractivity contribution in [3.8, 4) is 16.9 Å². The molecule has 1 N–H and O–H groups in total. The molecule has 0 unspecified atom stereocenters. The van der Waals surface area contributed by atoms with Gasteiger partial charge in [-0.3, -0.25) is 23.7 Å². The number of fused-ring (bicyclic) bond motifs is 1. The molecule has 3 aromatic heterocycles. The number of pyridine rings is 1.